The number of carbonyl (C=O) groups excluding carboxylic acids is 2. The first-order valence-corrected chi connectivity index (χ1v) is 9.14. The number of fused-ring (bicyclic) bond motifs is 1. The molecule has 0 bridgehead atoms. The lowest BCUT2D eigenvalue weighted by atomic mass is 10.1. The monoisotopic (exact) mass is 378 g/mol. The Kier molecular flexibility index (Phi) is 4.89. The molecule has 0 fully saturated rings. The van der Waals surface area contributed by atoms with Crippen LogP contribution in [0.3, 0.4) is 0 Å². The van der Waals surface area contributed by atoms with Crippen LogP contribution in [0.1, 0.15) is 39.6 Å². The van der Waals surface area contributed by atoms with E-state index in [2.05, 4.69) is 15.6 Å². The molecule has 0 aliphatic carbocycles. The largest absolute Gasteiger partial charge is 0.323 e. The van der Waals surface area contributed by atoms with Crippen molar-refractivity contribution in [3.05, 3.63) is 77.6 Å². The molecule has 1 aromatic heterocycles. The predicted octanol–water partition coefficient (Wildman–Crippen LogP) is 3.86. The first-order valence-electron chi connectivity index (χ1n) is 9.14. The first kappa shape index (κ1) is 17.9. The number of hydrogen-bond donors (Lipinski definition) is 2. The van der Waals surface area contributed by atoms with Crippen molar-refractivity contribution in [3.8, 4) is 0 Å². The lowest BCUT2D eigenvalue weighted by Gasteiger charge is -2.17. The van der Waals surface area contributed by atoms with Gasteiger partial charge in [-0.15, -0.1) is 0 Å². The van der Waals surface area contributed by atoms with Crippen molar-refractivity contribution in [3.63, 3.8) is 0 Å². The van der Waals surface area contributed by atoms with Gasteiger partial charge in [-0.05, 0) is 49.6 Å². The number of halogens is 1. The summed E-state index contributed by atoms with van der Waals surface area (Å²) in [6, 6.07) is 14.8. The molecule has 7 heteroatoms. The smallest absolute Gasteiger partial charge is 0.291 e. The van der Waals surface area contributed by atoms with Gasteiger partial charge in [0.15, 0.2) is 11.5 Å². The van der Waals surface area contributed by atoms with Crippen LogP contribution in [0.4, 0.5) is 15.8 Å². The summed E-state index contributed by atoms with van der Waals surface area (Å²) in [7, 11) is 0. The molecule has 1 aliphatic rings. The van der Waals surface area contributed by atoms with Crippen LogP contribution in [0, 0.1) is 5.82 Å². The molecule has 2 N–H and O–H groups in total. The number of anilines is 2. The summed E-state index contributed by atoms with van der Waals surface area (Å²) in [5, 5.41) is 5.48. The maximum absolute atomic E-state index is 13.4. The molecule has 4 rings (SSSR count). The van der Waals surface area contributed by atoms with Gasteiger partial charge in [0.1, 0.15) is 5.82 Å². The van der Waals surface area contributed by atoms with E-state index in [1.807, 2.05) is 18.2 Å². The van der Waals surface area contributed by atoms with Gasteiger partial charge >= 0.3 is 0 Å². The lowest BCUT2D eigenvalue weighted by molar-refractivity contribution is 0.101. The minimum Gasteiger partial charge on any atom is -0.323 e. The van der Waals surface area contributed by atoms with Gasteiger partial charge < -0.3 is 15.2 Å². The van der Waals surface area contributed by atoms with Gasteiger partial charge in [-0.3, -0.25) is 9.59 Å². The van der Waals surface area contributed by atoms with E-state index in [4.69, 9.17) is 0 Å². The summed E-state index contributed by atoms with van der Waals surface area (Å²) in [5.74, 6) is -1.09. The molecular weight excluding hydrogens is 359 g/mol. The maximum Gasteiger partial charge on any atom is 0.291 e. The number of nitrogens with zero attached hydrogens (tertiary/aromatic N) is 2. The van der Waals surface area contributed by atoms with Crippen molar-refractivity contribution >= 4 is 23.2 Å². The SMILES string of the molecule is O=C(Nc1ccccc1)c1nc(C(=O)Nc2cccc(F)c2)n2c1CCCC2. The zero-order valence-corrected chi connectivity index (χ0v) is 15.1. The molecular formula is C21H19FN4O2. The quantitative estimate of drug-likeness (QED) is 0.724. The van der Waals surface area contributed by atoms with Gasteiger partial charge in [0, 0.05) is 17.9 Å². The summed E-state index contributed by atoms with van der Waals surface area (Å²) < 4.78 is 15.2. The van der Waals surface area contributed by atoms with E-state index in [0.717, 1.165) is 18.5 Å². The third-order valence-corrected chi connectivity index (χ3v) is 4.65. The minimum absolute atomic E-state index is 0.164. The minimum atomic E-state index is -0.465. The molecule has 0 unspecified atom stereocenters. The number of imidazole rings is 1. The number of carbonyl (C=O) groups is 2. The molecule has 2 aromatic carbocycles. The molecule has 28 heavy (non-hydrogen) atoms. The fourth-order valence-corrected chi connectivity index (χ4v) is 3.36. The van der Waals surface area contributed by atoms with Gasteiger partial charge in [-0.1, -0.05) is 24.3 Å². The highest BCUT2D eigenvalue weighted by atomic mass is 19.1. The van der Waals surface area contributed by atoms with Gasteiger partial charge in [0.2, 0.25) is 0 Å². The second-order valence-corrected chi connectivity index (χ2v) is 6.62. The Morgan fingerprint density at radius 3 is 2.46 bits per heavy atom. The third-order valence-electron chi connectivity index (χ3n) is 4.65. The fraction of sp³-hybridized carbons (Fsp3) is 0.190. The summed E-state index contributed by atoms with van der Waals surface area (Å²) in [5.41, 5.74) is 2.02. The van der Waals surface area contributed by atoms with Crippen LogP contribution < -0.4 is 10.6 Å². The Labute approximate surface area is 161 Å². The summed E-state index contributed by atoms with van der Waals surface area (Å²) >= 11 is 0. The molecule has 0 spiro atoms. The Morgan fingerprint density at radius 1 is 0.929 bits per heavy atom. The van der Waals surface area contributed by atoms with Crippen LogP contribution in [0.5, 0.6) is 0 Å². The van der Waals surface area contributed by atoms with Crippen molar-refractivity contribution in [1.82, 2.24) is 9.55 Å². The van der Waals surface area contributed by atoms with Crippen LogP contribution in [0.15, 0.2) is 54.6 Å². The summed E-state index contributed by atoms with van der Waals surface area (Å²) in [4.78, 5) is 29.9. The van der Waals surface area contributed by atoms with Crippen molar-refractivity contribution in [1.29, 1.82) is 0 Å². The molecule has 3 aromatic rings. The van der Waals surface area contributed by atoms with E-state index in [1.165, 1.54) is 18.2 Å². The van der Waals surface area contributed by atoms with Crippen LogP contribution in [0.2, 0.25) is 0 Å². The first-order chi connectivity index (χ1) is 13.6. The van der Waals surface area contributed by atoms with Crippen molar-refractivity contribution in [2.45, 2.75) is 25.8 Å². The molecule has 0 saturated carbocycles. The van der Waals surface area contributed by atoms with E-state index >= 15 is 0 Å². The Balaban J connectivity index is 1.63. The standard InChI is InChI=1S/C21H19FN4O2/c22-14-7-6-10-16(13-14)24-21(28)19-25-18(17-11-4-5-12-26(17)19)20(27)23-15-8-2-1-3-9-15/h1-3,6-10,13H,4-5,11-12H2,(H,23,27)(H,24,28). The van der Waals surface area contributed by atoms with Gasteiger partial charge in [0.25, 0.3) is 11.8 Å². The normalized spacial score (nSPS) is 12.9. The molecule has 142 valence electrons. The maximum atomic E-state index is 13.4. The number of para-hydroxylation sites is 1. The van der Waals surface area contributed by atoms with Gasteiger partial charge in [0.05, 0.1) is 5.69 Å². The molecule has 1 aliphatic heterocycles. The zero-order valence-electron chi connectivity index (χ0n) is 15.1. The number of aromatic nitrogens is 2. The topological polar surface area (TPSA) is 76.0 Å². The van der Waals surface area contributed by atoms with Gasteiger partial charge in [-0.2, -0.15) is 0 Å². The Bertz CT molecular complexity index is 1030. The fourth-order valence-electron chi connectivity index (χ4n) is 3.36. The van der Waals surface area contributed by atoms with E-state index in [1.54, 1.807) is 22.8 Å². The van der Waals surface area contributed by atoms with Crippen LogP contribution in [-0.4, -0.2) is 21.4 Å². The number of rotatable bonds is 4. The summed E-state index contributed by atoms with van der Waals surface area (Å²) in [6.07, 6.45) is 2.52. The van der Waals surface area contributed by atoms with Gasteiger partial charge in [-0.25, -0.2) is 9.37 Å². The van der Waals surface area contributed by atoms with Crippen molar-refractivity contribution in [2.24, 2.45) is 0 Å². The molecule has 0 saturated heterocycles. The predicted molar refractivity (Wildman–Crippen MR) is 104 cm³/mol. The van der Waals surface area contributed by atoms with E-state index < -0.39 is 11.7 Å². The van der Waals surface area contributed by atoms with Crippen LogP contribution >= 0.6 is 0 Å². The molecule has 6 nitrogen and oxygen atoms in total. The Hall–Kier alpha value is -3.48. The highest BCUT2D eigenvalue weighted by Crippen LogP contribution is 2.23. The average molecular weight is 378 g/mol. The Morgan fingerprint density at radius 2 is 1.68 bits per heavy atom. The summed E-state index contributed by atoms with van der Waals surface area (Å²) in [6.45, 7) is 0.618. The van der Waals surface area contributed by atoms with Crippen molar-refractivity contribution < 1.29 is 14.0 Å². The van der Waals surface area contributed by atoms with E-state index in [-0.39, 0.29) is 17.4 Å². The third kappa shape index (κ3) is 3.64. The number of nitrogens with one attached hydrogen (secondary N) is 2. The molecule has 2 amide bonds. The van der Waals surface area contributed by atoms with E-state index in [0.29, 0.717) is 24.3 Å². The van der Waals surface area contributed by atoms with Crippen molar-refractivity contribution in [2.75, 3.05) is 10.6 Å². The molecule has 2 heterocycles. The zero-order chi connectivity index (χ0) is 19.5. The molecule has 0 atom stereocenters. The van der Waals surface area contributed by atoms with Crippen LogP contribution in [-0.2, 0) is 13.0 Å². The average Bonchev–Trinajstić information content (AvgIpc) is 3.09. The second-order valence-electron chi connectivity index (χ2n) is 6.62. The second kappa shape index (κ2) is 7.64. The number of amides is 2. The highest BCUT2D eigenvalue weighted by Gasteiger charge is 2.27. The highest BCUT2D eigenvalue weighted by molar-refractivity contribution is 6.06. The van der Waals surface area contributed by atoms with E-state index in [9.17, 15) is 14.0 Å². The lowest BCUT2D eigenvalue weighted by Crippen LogP contribution is -2.21. The molecule has 0 radical (unpaired) electrons. The number of benzene rings is 2. The van der Waals surface area contributed by atoms with Crippen LogP contribution in [0.25, 0.3) is 0 Å². The number of hydrogen-bond acceptors (Lipinski definition) is 3.